The summed E-state index contributed by atoms with van der Waals surface area (Å²) in [6.07, 6.45) is 0. The molecule has 1 aromatic rings. The third-order valence-electron chi connectivity index (χ3n) is 3.51. The van der Waals surface area contributed by atoms with E-state index in [1.807, 2.05) is 13.0 Å². The molecule has 0 amide bonds. The van der Waals surface area contributed by atoms with Crippen molar-refractivity contribution in [1.29, 1.82) is 0 Å². The van der Waals surface area contributed by atoms with Crippen molar-refractivity contribution < 1.29 is 8.42 Å². The molecule has 1 rings (SSSR count). The Bertz CT molecular complexity index is 516. The summed E-state index contributed by atoms with van der Waals surface area (Å²) in [6.45, 7) is 12.5. The summed E-state index contributed by atoms with van der Waals surface area (Å²) in [5.41, 5.74) is 0.0914. The van der Waals surface area contributed by atoms with Crippen LogP contribution in [0.4, 0.5) is 0 Å². The predicted molar refractivity (Wildman–Crippen MR) is 85.5 cm³/mol. The quantitative estimate of drug-likeness (QED) is 0.813. The van der Waals surface area contributed by atoms with Crippen LogP contribution in [0.2, 0.25) is 0 Å². The Hall–Kier alpha value is -0.430. The fraction of sp³-hybridized carbons (Fsp3) is 0.714. The average Bonchev–Trinajstić information content (AvgIpc) is 2.81. The lowest BCUT2D eigenvalue weighted by atomic mass is 9.82. The Morgan fingerprint density at radius 1 is 1.30 bits per heavy atom. The molecular formula is C14H26N2O2S2. The van der Waals surface area contributed by atoms with Crippen LogP contribution in [0.1, 0.15) is 39.5 Å². The molecule has 0 spiro atoms. The Labute approximate surface area is 127 Å². The van der Waals surface area contributed by atoms with Gasteiger partial charge in [-0.05, 0) is 30.0 Å². The standard InChI is InChI=1S/C14H26N2O2S2/c1-6-15-10-12-7-8-13(19-12)20(17,18)16-9-11(2)14(3,4)5/h7-8,11,15-16H,6,9-10H2,1-5H3. The maximum absolute atomic E-state index is 12.2. The molecule has 0 fully saturated rings. The van der Waals surface area contributed by atoms with Crippen molar-refractivity contribution in [2.24, 2.45) is 11.3 Å². The highest BCUT2D eigenvalue weighted by atomic mass is 32.2. The van der Waals surface area contributed by atoms with Gasteiger partial charge >= 0.3 is 0 Å². The second-order valence-electron chi connectivity index (χ2n) is 6.12. The fourth-order valence-electron chi connectivity index (χ4n) is 1.46. The molecule has 1 aromatic heterocycles. The van der Waals surface area contributed by atoms with Gasteiger partial charge in [-0.3, -0.25) is 0 Å². The van der Waals surface area contributed by atoms with Crippen LogP contribution in [-0.4, -0.2) is 21.5 Å². The van der Waals surface area contributed by atoms with Gasteiger partial charge in [0.25, 0.3) is 0 Å². The van der Waals surface area contributed by atoms with Crippen molar-refractivity contribution in [1.82, 2.24) is 10.0 Å². The molecule has 116 valence electrons. The smallest absolute Gasteiger partial charge is 0.250 e. The van der Waals surface area contributed by atoms with Crippen LogP contribution in [-0.2, 0) is 16.6 Å². The van der Waals surface area contributed by atoms with E-state index >= 15 is 0 Å². The summed E-state index contributed by atoms with van der Waals surface area (Å²) in [5, 5.41) is 3.19. The molecule has 0 bridgehead atoms. The molecule has 0 aliphatic carbocycles. The average molecular weight is 319 g/mol. The van der Waals surface area contributed by atoms with E-state index in [2.05, 4.69) is 37.7 Å². The summed E-state index contributed by atoms with van der Waals surface area (Å²) >= 11 is 1.33. The molecule has 0 aromatic carbocycles. The van der Waals surface area contributed by atoms with Crippen LogP contribution in [0.5, 0.6) is 0 Å². The fourth-order valence-corrected chi connectivity index (χ4v) is 3.96. The second kappa shape index (κ2) is 7.02. The van der Waals surface area contributed by atoms with E-state index in [0.29, 0.717) is 10.8 Å². The molecule has 2 N–H and O–H groups in total. The topological polar surface area (TPSA) is 58.2 Å². The van der Waals surface area contributed by atoms with E-state index in [1.165, 1.54) is 11.3 Å². The van der Waals surface area contributed by atoms with E-state index in [-0.39, 0.29) is 11.3 Å². The van der Waals surface area contributed by atoms with Crippen LogP contribution >= 0.6 is 11.3 Å². The van der Waals surface area contributed by atoms with Gasteiger partial charge in [-0.1, -0.05) is 34.6 Å². The lowest BCUT2D eigenvalue weighted by molar-refractivity contribution is 0.263. The van der Waals surface area contributed by atoms with E-state index < -0.39 is 10.0 Å². The maximum atomic E-state index is 12.2. The molecule has 0 aliphatic heterocycles. The largest absolute Gasteiger partial charge is 0.312 e. The van der Waals surface area contributed by atoms with Gasteiger partial charge in [0, 0.05) is 18.0 Å². The van der Waals surface area contributed by atoms with Crippen LogP contribution in [0.3, 0.4) is 0 Å². The molecule has 4 nitrogen and oxygen atoms in total. The minimum absolute atomic E-state index is 0.0914. The van der Waals surface area contributed by atoms with E-state index in [4.69, 9.17) is 0 Å². The van der Waals surface area contributed by atoms with E-state index in [0.717, 1.165) is 18.0 Å². The van der Waals surface area contributed by atoms with Crippen molar-refractivity contribution >= 4 is 21.4 Å². The van der Waals surface area contributed by atoms with Crippen molar-refractivity contribution in [3.63, 3.8) is 0 Å². The number of nitrogens with one attached hydrogen (secondary N) is 2. The first kappa shape index (κ1) is 17.6. The summed E-state index contributed by atoms with van der Waals surface area (Å²) < 4.78 is 27.6. The lowest BCUT2D eigenvalue weighted by Gasteiger charge is -2.27. The van der Waals surface area contributed by atoms with Crippen LogP contribution in [0, 0.1) is 11.3 Å². The zero-order valence-electron chi connectivity index (χ0n) is 13.0. The first-order valence-corrected chi connectivity index (χ1v) is 9.26. The highest BCUT2D eigenvalue weighted by Crippen LogP contribution is 2.26. The van der Waals surface area contributed by atoms with Crippen molar-refractivity contribution in [3.8, 4) is 0 Å². The molecule has 1 heterocycles. The van der Waals surface area contributed by atoms with Gasteiger partial charge in [-0.15, -0.1) is 11.3 Å². The van der Waals surface area contributed by atoms with Gasteiger partial charge in [-0.25, -0.2) is 13.1 Å². The minimum Gasteiger partial charge on any atom is -0.312 e. The Morgan fingerprint density at radius 2 is 1.95 bits per heavy atom. The van der Waals surface area contributed by atoms with Crippen LogP contribution in [0.15, 0.2) is 16.3 Å². The second-order valence-corrected chi connectivity index (χ2v) is 9.28. The lowest BCUT2D eigenvalue weighted by Crippen LogP contribution is -2.33. The molecule has 0 aliphatic rings. The van der Waals surface area contributed by atoms with Crippen molar-refractivity contribution in [2.75, 3.05) is 13.1 Å². The molecule has 0 saturated heterocycles. The van der Waals surface area contributed by atoms with Gasteiger partial charge in [0.05, 0.1) is 0 Å². The molecule has 6 heteroatoms. The van der Waals surface area contributed by atoms with Gasteiger partial charge in [0.15, 0.2) is 0 Å². The Balaban J connectivity index is 2.67. The zero-order valence-corrected chi connectivity index (χ0v) is 14.6. The normalized spacial score (nSPS) is 14.4. The van der Waals surface area contributed by atoms with Gasteiger partial charge in [0.2, 0.25) is 10.0 Å². The highest BCUT2D eigenvalue weighted by Gasteiger charge is 2.23. The first-order valence-electron chi connectivity index (χ1n) is 6.96. The summed E-state index contributed by atoms with van der Waals surface area (Å²) in [7, 11) is -3.38. The highest BCUT2D eigenvalue weighted by molar-refractivity contribution is 7.91. The molecule has 1 atom stereocenters. The molecule has 0 saturated carbocycles. The Morgan fingerprint density at radius 3 is 2.50 bits per heavy atom. The first-order chi connectivity index (χ1) is 9.16. The van der Waals surface area contributed by atoms with Crippen molar-refractivity contribution in [3.05, 3.63) is 17.0 Å². The maximum Gasteiger partial charge on any atom is 0.250 e. The summed E-state index contributed by atoms with van der Waals surface area (Å²) in [4.78, 5) is 1.04. The third-order valence-corrected chi connectivity index (χ3v) is 6.51. The van der Waals surface area contributed by atoms with Gasteiger partial charge in [-0.2, -0.15) is 0 Å². The number of rotatable bonds is 7. The van der Waals surface area contributed by atoms with Crippen LogP contribution in [0.25, 0.3) is 0 Å². The molecule has 20 heavy (non-hydrogen) atoms. The van der Waals surface area contributed by atoms with Gasteiger partial charge in [0.1, 0.15) is 4.21 Å². The van der Waals surface area contributed by atoms with Crippen molar-refractivity contribution in [2.45, 2.75) is 45.4 Å². The molecule has 0 radical (unpaired) electrons. The monoisotopic (exact) mass is 318 g/mol. The number of thiophene rings is 1. The van der Waals surface area contributed by atoms with Gasteiger partial charge < -0.3 is 5.32 Å². The number of sulfonamides is 1. The summed E-state index contributed by atoms with van der Waals surface area (Å²) in [5.74, 6) is 0.276. The van der Waals surface area contributed by atoms with E-state index in [9.17, 15) is 8.42 Å². The number of hydrogen-bond donors (Lipinski definition) is 2. The summed E-state index contributed by atoms with van der Waals surface area (Å²) in [6, 6.07) is 3.55. The zero-order chi connectivity index (χ0) is 15.4. The molecular weight excluding hydrogens is 292 g/mol. The number of hydrogen-bond acceptors (Lipinski definition) is 4. The Kier molecular flexibility index (Phi) is 6.19. The minimum atomic E-state index is -3.38. The third kappa shape index (κ3) is 5.16. The SMILES string of the molecule is CCNCc1ccc(S(=O)(=O)NCC(C)C(C)(C)C)s1. The molecule has 1 unspecified atom stereocenters. The van der Waals surface area contributed by atoms with E-state index in [1.54, 1.807) is 6.07 Å². The predicted octanol–water partition coefficient (Wildman–Crippen LogP) is 2.82. The van der Waals surface area contributed by atoms with Crippen LogP contribution < -0.4 is 10.0 Å².